The molecule has 0 heterocycles. The standard InChI is InChI=1S/C14H7F17O4/c15-7(16,3-4-35-6(34)2-1-5(32)33)8(17,18)9(19,20)10(21,22)11(23,24)12(25,26)13(27,28)14(29,30)31/h1-2H,3-4H2,(H,32,33). The van der Waals surface area contributed by atoms with E-state index < -0.39 is 72.6 Å². The van der Waals surface area contributed by atoms with E-state index in [1.165, 1.54) is 0 Å². The summed E-state index contributed by atoms with van der Waals surface area (Å²) >= 11 is 0. The first-order chi connectivity index (χ1) is 15.1. The molecular weight excluding hydrogens is 555 g/mol. The number of esters is 1. The molecule has 35 heavy (non-hydrogen) atoms. The van der Waals surface area contributed by atoms with Gasteiger partial charge in [-0.05, 0) is 0 Å². The van der Waals surface area contributed by atoms with Gasteiger partial charge in [-0.15, -0.1) is 0 Å². The second kappa shape index (κ2) is 9.17. The molecule has 0 fully saturated rings. The molecule has 1 N–H and O–H groups in total. The van der Waals surface area contributed by atoms with Crippen molar-refractivity contribution in [2.24, 2.45) is 0 Å². The molecule has 0 aromatic rings. The molecule has 0 aliphatic carbocycles. The normalized spacial score (nSPS) is 15.5. The van der Waals surface area contributed by atoms with Crippen molar-refractivity contribution in [2.45, 2.75) is 54.1 Å². The monoisotopic (exact) mass is 562 g/mol. The Bertz CT molecular complexity index is 827. The van der Waals surface area contributed by atoms with E-state index >= 15 is 0 Å². The van der Waals surface area contributed by atoms with Crippen molar-refractivity contribution < 1.29 is 94.1 Å². The van der Waals surface area contributed by atoms with Gasteiger partial charge in [-0.25, -0.2) is 9.59 Å². The van der Waals surface area contributed by atoms with Crippen LogP contribution in [0.25, 0.3) is 0 Å². The number of ether oxygens (including phenoxy) is 1. The fourth-order valence-corrected chi connectivity index (χ4v) is 1.82. The van der Waals surface area contributed by atoms with Crippen LogP contribution in [0.3, 0.4) is 0 Å². The predicted molar refractivity (Wildman–Crippen MR) is 73.0 cm³/mol. The van der Waals surface area contributed by atoms with Gasteiger partial charge in [0.05, 0.1) is 13.0 Å². The molecule has 0 aliphatic heterocycles. The fourth-order valence-electron chi connectivity index (χ4n) is 1.82. The third-order valence-corrected chi connectivity index (χ3v) is 3.81. The summed E-state index contributed by atoms with van der Waals surface area (Å²) in [5.41, 5.74) is 0. The van der Waals surface area contributed by atoms with Crippen LogP contribution < -0.4 is 0 Å². The molecule has 0 aliphatic rings. The van der Waals surface area contributed by atoms with Gasteiger partial charge < -0.3 is 9.84 Å². The van der Waals surface area contributed by atoms with Crippen molar-refractivity contribution in [3.63, 3.8) is 0 Å². The van der Waals surface area contributed by atoms with E-state index in [1.807, 2.05) is 0 Å². The Morgan fingerprint density at radius 1 is 0.571 bits per heavy atom. The molecule has 4 nitrogen and oxygen atoms in total. The first kappa shape index (κ1) is 32.5. The van der Waals surface area contributed by atoms with E-state index in [0.29, 0.717) is 0 Å². The van der Waals surface area contributed by atoms with E-state index in [1.54, 1.807) is 0 Å². The van der Waals surface area contributed by atoms with Crippen molar-refractivity contribution in [3.8, 4) is 0 Å². The van der Waals surface area contributed by atoms with Gasteiger partial charge in [-0.2, -0.15) is 74.6 Å². The number of hydrogen-bond donors (Lipinski definition) is 1. The quantitative estimate of drug-likeness (QED) is 0.203. The van der Waals surface area contributed by atoms with Crippen LogP contribution in [-0.2, 0) is 14.3 Å². The van der Waals surface area contributed by atoms with Crippen molar-refractivity contribution in [1.29, 1.82) is 0 Å². The summed E-state index contributed by atoms with van der Waals surface area (Å²) in [5.74, 6) is -61.1. The van der Waals surface area contributed by atoms with Gasteiger partial charge in [-0.3, -0.25) is 0 Å². The van der Waals surface area contributed by atoms with Crippen molar-refractivity contribution in [1.82, 2.24) is 0 Å². The molecule has 0 atom stereocenters. The highest BCUT2D eigenvalue weighted by Gasteiger charge is 2.95. The summed E-state index contributed by atoms with van der Waals surface area (Å²) in [7, 11) is 0. The Balaban J connectivity index is 6.21. The third kappa shape index (κ3) is 5.21. The Morgan fingerprint density at radius 2 is 0.914 bits per heavy atom. The molecule has 0 rings (SSSR count). The lowest BCUT2D eigenvalue weighted by Crippen LogP contribution is -2.74. The summed E-state index contributed by atoms with van der Waals surface area (Å²) in [5, 5.41) is 8.12. The van der Waals surface area contributed by atoms with Crippen LogP contribution in [0.1, 0.15) is 6.42 Å². The predicted octanol–water partition coefficient (Wildman–Crippen LogP) is 5.57. The van der Waals surface area contributed by atoms with Crippen LogP contribution in [-0.4, -0.2) is 71.3 Å². The number of aliphatic carboxylic acids is 1. The van der Waals surface area contributed by atoms with Crippen LogP contribution in [0.4, 0.5) is 74.6 Å². The van der Waals surface area contributed by atoms with Crippen LogP contribution in [0.15, 0.2) is 12.2 Å². The maximum absolute atomic E-state index is 13.5. The second-order valence-corrected chi connectivity index (χ2v) is 6.24. The number of alkyl halides is 17. The summed E-state index contributed by atoms with van der Waals surface area (Å²) in [6.45, 7) is -2.16. The summed E-state index contributed by atoms with van der Waals surface area (Å²) < 4.78 is 225. The van der Waals surface area contributed by atoms with E-state index in [-0.39, 0.29) is 12.2 Å². The molecule has 206 valence electrons. The molecule has 0 spiro atoms. The summed E-state index contributed by atoms with van der Waals surface area (Å²) in [6.07, 6.45) is -10.9. The molecule has 21 heteroatoms. The fraction of sp³-hybridized carbons (Fsp3) is 0.714. The van der Waals surface area contributed by atoms with E-state index in [4.69, 9.17) is 5.11 Å². The summed E-state index contributed by atoms with van der Waals surface area (Å²) in [4.78, 5) is 20.9. The smallest absolute Gasteiger partial charge is 0.460 e. The van der Waals surface area contributed by atoms with Crippen LogP contribution in [0.2, 0.25) is 0 Å². The van der Waals surface area contributed by atoms with Gasteiger partial charge in [0.2, 0.25) is 0 Å². The van der Waals surface area contributed by atoms with Crippen LogP contribution in [0, 0.1) is 0 Å². The molecule has 0 saturated heterocycles. The lowest BCUT2D eigenvalue weighted by Gasteiger charge is -2.42. The second-order valence-electron chi connectivity index (χ2n) is 6.24. The number of carbonyl (C=O) groups is 2. The SMILES string of the molecule is O=C(O)C=CC(=O)OCCC(F)(F)C(F)(F)C(F)(F)C(F)(F)C(F)(F)C(F)(F)C(F)(F)C(F)(F)F. The van der Waals surface area contributed by atoms with Gasteiger partial charge in [-0.1, -0.05) is 0 Å². The zero-order valence-corrected chi connectivity index (χ0v) is 15.7. The Kier molecular flexibility index (Phi) is 8.52. The average molecular weight is 562 g/mol. The minimum absolute atomic E-state index is 0.0389. The lowest BCUT2D eigenvalue weighted by atomic mass is 9.88. The van der Waals surface area contributed by atoms with Crippen LogP contribution >= 0.6 is 0 Å². The minimum atomic E-state index is -8.73. The third-order valence-electron chi connectivity index (χ3n) is 3.81. The molecule has 0 aromatic carbocycles. The average Bonchev–Trinajstić information content (AvgIpc) is 2.64. The first-order valence-corrected chi connectivity index (χ1v) is 7.85. The maximum Gasteiger partial charge on any atom is 0.460 e. The first-order valence-electron chi connectivity index (χ1n) is 7.85. The maximum atomic E-state index is 13.5. The van der Waals surface area contributed by atoms with Gasteiger partial charge in [0.15, 0.2) is 0 Å². The zero-order valence-electron chi connectivity index (χ0n) is 15.7. The molecular formula is C14H7F17O4. The summed E-state index contributed by atoms with van der Waals surface area (Å²) in [6, 6.07) is 0. The van der Waals surface area contributed by atoms with E-state index in [2.05, 4.69) is 4.74 Å². The largest absolute Gasteiger partial charge is 0.478 e. The number of carboxylic acid groups (broad SMARTS) is 1. The van der Waals surface area contributed by atoms with Crippen molar-refractivity contribution in [3.05, 3.63) is 12.2 Å². The number of carbonyl (C=O) groups excluding carboxylic acids is 1. The molecule has 0 radical (unpaired) electrons. The van der Waals surface area contributed by atoms with Gasteiger partial charge in [0.1, 0.15) is 0 Å². The van der Waals surface area contributed by atoms with E-state index in [0.717, 1.165) is 0 Å². The van der Waals surface area contributed by atoms with Crippen molar-refractivity contribution >= 4 is 11.9 Å². The minimum Gasteiger partial charge on any atom is -0.478 e. The van der Waals surface area contributed by atoms with E-state index in [9.17, 15) is 84.2 Å². The van der Waals surface area contributed by atoms with Gasteiger partial charge in [0.25, 0.3) is 0 Å². The van der Waals surface area contributed by atoms with Crippen LogP contribution in [0.5, 0.6) is 0 Å². The number of halogens is 17. The molecule has 0 saturated carbocycles. The highest BCUT2D eigenvalue weighted by molar-refractivity contribution is 5.90. The number of carboxylic acids is 1. The number of rotatable bonds is 11. The Hall–Kier alpha value is -2.51. The van der Waals surface area contributed by atoms with Crippen molar-refractivity contribution in [2.75, 3.05) is 6.61 Å². The van der Waals surface area contributed by atoms with Gasteiger partial charge >= 0.3 is 59.6 Å². The lowest BCUT2D eigenvalue weighted by molar-refractivity contribution is -0.461. The Labute approximate surface area is 180 Å². The highest BCUT2D eigenvalue weighted by Crippen LogP contribution is 2.64. The topological polar surface area (TPSA) is 63.6 Å². The molecule has 0 unspecified atom stereocenters. The highest BCUT2D eigenvalue weighted by atomic mass is 19.4. The number of hydrogen-bond acceptors (Lipinski definition) is 3. The molecule has 0 amide bonds. The zero-order chi connectivity index (χ0) is 28.7. The Morgan fingerprint density at radius 3 is 1.26 bits per heavy atom. The van der Waals surface area contributed by atoms with Gasteiger partial charge in [0, 0.05) is 12.2 Å². The molecule has 0 aromatic heterocycles. The molecule has 0 bridgehead atoms.